The van der Waals surface area contributed by atoms with E-state index in [-0.39, 0.29) is 17.7 Å². The third-order valence-electron chi connectivity index (χ3n) is 4.41. The Morgan fingerprint density at radius 2 is 2.00 bits per heavy atom. The minimum Gasteiger partial charge on any atom is -0.481 e. The summed E-state index contributed by atoms with van der Waals surface area (Å²) in [6, 6.07) is 1.77. The molecular formula is C14H17N3O3. The van der Waals surface area contributed by atoms with Crippen molar-refractivity contribution < 1.29 is 14.7 Å². The van der Waals surface area contributed by atoms with Crippen LogP contribution in [-0.4, -0.2) is 26.8 Å². The lowest BCUT2D eigenvalue weighted by Gasteiger charge is -2.23. The Morgan fingerprint density at radius 1 is 1.35 bits per heavy atom. The number of allylic oxidation sites excluding steroid dienone is 2. The fourth-order valence-electron chi connectivity index (χ4n) is 3.35. The molecule has 0 unspecified atom stereocenters. The summed E-state index contributed by atoms with van der Waals surface area (Å²) in [5.74, 6) is -1.75. The number of aryl methyl sites for hydroxylation is 2. The van der Waals surface area contributed by atoms with E-state index in [2.05, 4.69) is 10.4 Å². The van der Waals surface area contributed by atoms with Gasteiger partial charge in [-0.15, -0.1) is 0 Å². The number of hydrogen-bond donors (Lipinski definition) is 2. The zero-order chi connectivity index (χ0) is 14.4. The summed E-state index contributed by atoms with van der Waals surface area (Å²) < 4.78 is 1.67. The Morgan fingerprint density at radius 3 is 2.55 bits per heavy atom. The molecule has 0 radical (unpaired) electrons. The van der Waals surface area contributed by atoms with Crippen LogP contribution in [0, 0.1) is 30.6 Å². The molecule has 0 spiro atoms. The highest BCUT2D eigenvalue weighted by atomic mass is 16.4. The maximum Gasteiger partial charge on any atom is 0.307 e. The van der Waals surface area contributed by atoms with E-state index in [4.69, 9.17) is 0 Å². The molecule has 1 saturated carbocycles. The molecule has 1 aromatic heterocycles. The zero-order valence-electron chi connectivity index (χ0n) is 11.4. The average Bonchev–Trinajstić information content (AvgIpc) is 3.04. The summed E-state index contributed by atoms with van der Waals surface area (Å²) >= 11 is 0. The van der Waals surface area contributed by atoms with Crippen molar-refractivity contribution in [3.05, 3.63) is 23.9 Å². The van der Waals surface area contributed by atoms with Crippen molar-refractivity contribution in [1.82, 2.24) is 9.78 Å². The van der Waals surface area contributed by atoms with Crippen molar-refractivity contribution >= 4 is 17.7 Å². The van der Waals surface area contributed by atoms with Crippen molar-refractivity contribution in [3.8, 4) is 0 Å². The summed E-state index contributed by atoms with van der Waals surface area (Å²) in [6.07, 6.45) is 4.66. The topological polar surface area (TPSA) is 84.2 Å². The van der Waals surface area contributed by atoms with E-state index in [1.54, 1.807) is 17.8 Å². The van der Waals surface area contributed by atoms with Crippen molar-refractivity contribution in [1.29, 1.82) is 0 Å². The summed E-state index contributed by atoms with van der Waals surface area (Å²) in [5, 5.41) is 16.3. The van der Waals surface area contributed by atoms with E-state index in [0.29, 0.717) is 5.82 Å². The number of fused-ring (bicyclic) bond motifs is 2. The summed E-state index contributed by atoms with van der Waals surface area (Å²) in [4.78, 5) is 23.8. The summed E-state index contributed by atoms with van der Waals surface area (Å²) in [6.45, 7) is 1.89. The van der Waals surface area contributed by atoms with Crippen molar-refractivity contribution in [2.45, 2.75) is 13.3 Å². The molecular weight excluding hydrogens is 258 g/mol. The van der Waals surface area contributed by atoms with Crippen LogP contribution in [0.25, 0.3) is 0 Å². The highest BCUT2D eigenvalue weighted by Gasteiger charge is 2.51. The Labute approximate surface area is 116 Å². The van der Waals surface area contributed by atoms with Crippen LogP contribution in [0.2, 0.25) is 0 Å². The number of carboxylic acids is 1. The molecule has 6 heteroatoms. The standard InChI is InChI=1S/C14H17N3O3/c1-7-5-10(16-17(7)2)15-13(18)11-8-3-4-9(6-8)12(11)14(19)20/h3-5,8-9,11-12H,6H2,1-2H3,(H,19,20)(H,15,16,18)/t8-,9-,11-,12-/m0/s1. The maximum absolute atomic E-state index is 12.4. The molecule has 2 aliphatic carbocycles. The molecule has 106 valence electrons. The predicted molar refractivity (Wildman–Crippen MR) is 71.9 cm³/mol. The quantitative estimate of drug-likeness (QED) is 0.812. The van der Waals surface area contributed by atoms with Crippen LogP contribution in [0.1, 0.15) is 12.1 Å². The van der Waals surface area contributed by atoms with E-state index >= 15 is 0 Å². The number of hydrogen-bond acceptors (Lipinski definition) is 3. The predicted octanol–water partition coefficient (Wildman–Crippen LogP) is 1.19. The first-order chi connectivity index (χ1) is 9.47. The van der Waals surface area contributed by atoms with Crippen molar-refractivity contribution in [3.63, 3.8) is 0 Å². The van der Waals surface area contributed by atoms with Crippen molar-refractivity contribution in [2.24, 2.45) is 30.7 Å². The Balaban J connectivity index is 1.79. The Kier molecular flexibility index (Phi) is 2.88. The van der Waals surface area contributed by atoms with Gasteiger partial charge < -0.3 is 10.4 Å². The van der Waals surface area contributed by atoms with Gasteiger partial charge in [0, 0.05) is 18.8 Å². The number of carboxylic acid groups (broad SMARTS) is 1. The van der Waals surface area contributed by atoms with Gasteiger partial charge in [0.1, 0.15) is 0 Å². The molecule has 0 aromatic carbocycles. The molecule has 6 nitrogen and oxygen atoms in total. The van der Waals surface area contributed by atoms with Crippen LogP contribution >= 0.6 is 0 Å². The highest BCUT2D eigenvalue weighted by molar-refractivity contribution is 5.95. The third-order valence-corrected chi connectivity index (χ3v) is 4.41. The second kappa shape index (κ2) is 4.47. The van der Waals surface area contributed by atoms with E-state index in [0.717, 1.165) is 12.1 Å². The summed E-state index contributed by atoms with van der Waals surface area (Å²) in [5.41, 5.74) is 0.933. The average molecular weight is 275 g/mol. The first-order valence-corrected chi connectivity index (χ1v) is 6.70. The van der Waals surface area contributed by atoms with Gasteiger partial charge >= 0.3 is 5.97 Å². The lowest BCUT2D eigenvalue weighted by atomic mass is 9.82. The molecule has 2 bridgehead atoms. The number of carbonyl (C=O) groups is 2. The molecule has 0 saturated heterocycles. The van der Waals surface area contributed by atoms with Gasteiger partial charge in [0.15, 0.2) is 5.82 Å². The van der Waals surface area contributed by atoms with Gasteiger partial charge in [0.2, 0.25) is 5.91 Å². The van der Waals surface area contributed by atoms with Crippen LogP contribution in [0.4, 0.5) is 5.82 Å². The van der Waals surface area contributed by atoms with Gasteiger partial charge in [0.25, 0.3) is 0 Å². The van der Waals surface area contributed by atoms with E-state index in [1.807, 2.05) is 19.1 Å². The second-order valence-corrected chi connectivity index (χ2v) is 5.62. The molecule has 1 fully saturated rings. The lowest BCUT2D eigenvalue weighted by Crippen LogP contribution is -2.36. The SMILES string of the molecule is Cc1cc(NC(=O)[C@@H]2[C@@H](C(=O)O)[C@H]3C=C[C@H]2C3)nn1C. The fraction of sp³-hybridized carbons (Fsp3) is 0.500. The smallest absolute Gasteiger partial charge is 0.307 e. The van der Waals surface area contributed by atoms with Crippen molar-refractivity contribution in [2.75, 3.05) is 5.32 Å². The minimum absolute atomic E-state index is 0.0151. The molecule has 1 aromatic rings. The molecule has 4 atom stereocenters. The van der Waals surface area contributed by atoms with Gasteiger partial charge in [0.05, 0.1) is 11.8 Å². The first-order valence-electron chi connectivity index (χ1n) is 6.70. The summed E-state index contributed by atoms with van der Waals surface area (Å²) in [7, 11) is 1.80. The van der Waals surface area contributed by atoms with Gasteiger partial charge in [-0.25, -0.2) is 0 Å². The largest absolute Gasteiger partial charge is 0.481 e. The van der Waals surface area contributed by atoms with E-state index in [9.17, 15) is 14.7 Å². The number of nitrogens with zero attached hydrogens (tertiary/aromatic N) is 2. The molecule has 2 N–H and O–H groups in total. The molecule has 2 aliphatic rings. The third kappa shape index (κ3) is 1.92. The van der Waals surface area contributed by atoms with E-state index in [1.165, 1.54) is 0 Å². The molecule has 20 heavy (non-hydrogen) atoms. The van der Waals surface area contributed by atoms with Crippen LogP contribution in [-0.2, 0) is 16.6 Å². The van der Waals surface area contributed by atoms with Gasteiger partial charge in [-0.2, -0.15) is 5.10 Å². The molecule has 1 heterocycles. The lowest BCUT2D eigenvalue weighted by molar-refractivity contribution is -0.146. The van der Waals surface area contributed by atoms with Crippen LogP contribution in [0.5, 0.6) is 0 Å². The number of nitrogens with one attached hydrogen (secondary N) is 1. The number of aliphatic carboxylic acids is 1. The number of anilines is 1. The molecule has 0 aliphatic heterocycles. The molecule has 3 rings (SSSR count). The fourth-order valence-corrected chi connectivity index (χ4v) is 3.35. The van der Waals surface area contributed by atoms with Crippen LogP contribution < -0.4 is 5.32 Å². The molecule has 1 amide bonds. The van der Waals surface area contributed by atoms with Gasteiger partial charge in [-0.1, -0.05) is 12.2 Å². The van der Waals surface area contributed by atoms with Gasteiger partial charge in [-0.05, 0) is 25.2 Å². The van der Waals surface area contributed by atoms with E-state index < -0.39 is 17.8 Å². The monoisotopic (exact) mass is 275 g/mol. The second-order valence-electron chi connectivity index (χ2n) is 5.62. The minimum atomic E-state index is -0.890. The number of amides is 1. The highest BCUT2D eigenvalue weighted by Crippen LogP contribution is 2.48. The number of aromatic nitrogens is 2. The first kappa shape index (κ1) is 12.9. The normalized spacial score (nSPS) is 30.7. The van der Waals surface area contributed by atoms with Gasteiger partial charge in [-0.3, -0.25) is 14.3 Å². The Hall–Kier alpha value is -2.11. The van der Waals surface area contributed by atoms with Crippen LogP contribution in [0.15, 0.2) is 18.2 Å². The number of rotatable bonds is 3. The van der Waals surface area contributed by atoms with Crippen LogP contribution in [0.3, 0.4) is 0 Å². The zero-order valence-corrected chi connectivity index (χ0v) is 11.4. The Bertz CT molecular complexity index is 585. The maximum atomic E-state index is 12.4. The number of carbonyl (C=O) groups excluding carboxylic acids is 1.